The molecular weight excluding hydrogens is 361 g/mol. The number of methoxy groups -OCH3 is 1. The molecule has 7 heteroatoms. The predicted octanol–water partition coefficient (Wildman–Crippen LogP) is 2.16. The van der Waals surface area contributed by atoms with Gasteiger partial charge in [-0.3, -0.25) is 9.78 Å². The number of carbonyl (C=O) groups is 1. The Balaban J connectivity index is 1.44. The average molecular weight is 385 g/mol. The summed E-state index contributed by atoms with van der Waals surface area (Å²) < 4.78 is 19.0. The van der Waals surface area contributed by atoms with Gasteiger partial charge in [0.25, 0.3) is 5.91 Å². The van der Waals surface area contributed by atoms with E-state index in [2.05, 4.69) is 15.2 Å². The minimum Gasteiger partial charge on any atom is -0.496 e. The second kappa shape index (κ2) is 7.39. The van der Waals surface area contributed by atoms with Gasteiger partial charge in [-0.1, -0.05) is 0 Å². The zero-order chi connectivity index (χ0) is 19.7. The topological polar surface area (TPSA) is 74.7 Å². The Labute approximate surface area is 163 Å². The minimum atomic E-state index is -0.380. The van der Waals surface area contributed by atoms with Gasteiger partial charge in [0, 0.05) is 43.0 Å². The number of halogens is 1. The monoisotopic (exact) mass is 385 g/mol. The molecule has 2 N–H and O–H groups in total. The number of aliphatic hydroxyl groups excluding tert-OH is 1. The Kier molecular flexibility index (Phi) is 4.93. The van der Waals surface area contributed by atoms with E-state index in [4.69, 9.17) is 9.84 Å². The Morgan fingerprint density at radius 2 is 2.14 bits per heavy atom. The third-order valence-corrected chi connectivity index (χ3v) is 5.56. The van der Waals surface area contributed by atoms with Gasteiger partial charge in [0.15, 0.2) is 0 Å². The molecule has 1 aromatic carbocycles. The van der Waals surface area contributed by atoms with Crippen molar-refractivity contribution in [3.63, 3.8) is 0 Å². The number of hydrogen-bond donors (Lipinski definition) is 2. The largest absolute Gasteiger partial charge is 0.496 e. The first-order valence-electron chi connectivity index (χ1n) is 9.49. The van der Waals surface area contributed by atoms with Crippen molar-refractivity contribution in [3.8, 4) is 5.75 Å². The summed E-state index contributed by atoms with van der Waals surface area (Å²) >= 11 is 0. The molecule has 148 valence electrons. The summed E-state index contributed by atoms with van der Waals surface area (Å²) in [5.41, 5.74) is 1.66. The molecule has 0 atom stereocenters. The molecule has 2 heterocycles. The molecule has 2 fully saturated rings. The average Bonchev–Trinajstić information content (AvgIpc) is 3.40. The van der Waals surface area contributed by atoms with E-state index in [0.717, 1.165) is 37.2 Å². The number of amides is 1. The summed E-state index contributed by atoms with van der Waals surface area (Å²) in [7, 11) is 1.56. The fourth-order valence-corrected chi connectivity index (χ4v) is 3.69. The molecule has 6 nitrogen and oxygen atoms in total. The van der Waals surface area contributed by atoms with Gasteiger partial charge in [0.1, 0.15) is 17.3 Å². The Morgan fingerprint density at radius 1 is 1.36 bits per heavy atom. The summed E-state index contributed by atoms with van der Waals surface area (Å²) in [6.07, 6.45) is 3.82. The number of ether oxygens (including phenoxy) is 1. The third-order valence-electron chi connectivity index (χ3n) is 5.56. The number of rotatable bonds is 7. The Morgan fingerprint density at radius 3 is 2.82 bits per heavy atom. The van der Waals surface area contributed by atoms with Crippen LogP contribution in [-0.2, 0) is 6.42 Å². The van der Waals surface area contributed by atoms with Crippen LogP contribution < -0.4 is 15.0 Å². The number of nitrogens with one attached hydrogen (secondary N) is 1. The first kappa shape index (κ1) is 18.7. The molecular formula is C21H24FN3O3. The van der Waals surface area contributed by atoms with Crippen molar-refractivity contribution in [2.75, 3.05) is 31.7 Å². The van der Waals surface area contributed by atoms with E-state index < -0.39 is 0 Å². The lowest BCUT2D eigenvalue weighted by molar-refractivity contribution is 0.0926. The lowest BCUT2D eigenvalue weighted by Crippen LogP contribution is -2.48. The van der Waals surface area contributed by atoms with E-state index in [1.54, 1.807) is 25.4 Å². The lowest BCUT2D eigenvalue weighted by Gasteiger charge is -2.40. The van der Waals surface area contributed by atoms with Gasteiger partial charge in [0.05, 0.1) is 7.11 Å². The normalized spacial score (nSPS) is 17.8. The first-order chi connectivity index (χ1) is 13.5. The maximum atomic E-state index is 13.6. The highest BCUT2D eigenvalue weighted by Crippen LogP contribution is 2.41. The molecule has 28 heavy (non-hydrogen) atoms. The van der Waals surface area contributed by atoms with Crippen LogP contribution in [0.25, 0.3) is 0 Å². The maximum absolute atomic E-state index is 13.6. The van der Waals surface area contributed by atoms with E-state index in [1.807, 2.05) is 6.07 Å². The van der Waals surface area contributed by atoms with Gasteiger partial charge in [-0.05, 0) is 55.2 Å². The summed E-state index contributed by atoms with van der Waals surface area (Å²) in [5, 5.41) is 12.3. The first-order valence-corrected chi connectivity index (χ1v) is 9.49. The zero-order valence-corrected chi connectivity index (χ0v) is 15.8. The molecule has 2 aliphatic rings. The summed E-state index contributed by atoms with van der Waals surface area (Å²) in [4.78, 5) is 19.1. The van der Waals surface area contributed by atoms with E-state index in [-0.39, 0.29) is 23.9 Å². The van der Waals surface area contributed by atoms with Crippen LogP contribution in [0.2, 0.25) is 0 Å². The van der Waals surface area contributed by atoms with Gasteiger partial charge in [0.2, 0.25) is 0 Å². The van der Waals surface area contributed by atoms with Crippen molar-refractivity contribution in [1.29, 1.82) is 0 Å². The predicted molar refractivity (Wildman–Crippen MR) is 103 cm³/mol. The van der Waals surface area contributed by atoms with Crippen LogP contribution >= 0.6 is 0 Å². The number of pyridine rings is 1. The molecule has 0 bridgehead atoms. The molecule has 0 radical (unpaired) electrons. The molecule has 0 spiro atoms. The Hall–Kier alpha value is -2.67. The molecule has 1 saturated heterocycles. The van der Waals surface area contributed by atoms with Crippen LogP contribution in [-0.4, -0.2) is 48.3 Å². The molecule has 2 aromatic rings. The van der Waals surface area contributed by atoms with Crippen LogP contribution in [0.4, 0.5) is 10.1 Å². The second-order valence-corrected chi connectivity index (χ2v) is 7.72. The highest BCUT2D eigenvalue weighted by Gasteiger charge is 2.45. The number of anilines is 1. The second-order valence-electron chi connectivity index (χ2n) is 7.72. The van der Waals surface area contributed by atoms with Crippen molar-refractivity contribution in [3.05, 3.63) is 53.6 Å². The van der Waals surface area contributed by atoms with Gasteiger partial charge in [-0.2, -0.15) is 0 Å². The van der Waals surface area contributed by atoms with E-state index in [1.165, 1.54) is 12.1 Å². The minimum absolute atomic E-state index is 0.182. The summed E-state index contributed by atoms with van der Waals surface area (Å²) in [6, 6.07) is 8.09. The molecule has 4 rings (SSSR count). The number of benzene rings is 1. The molecule has 1 saturated carbocycles. The van der Waals surface area contributed by atoms with E-state index >= 15 is 0 Å². The van der Waals surface area contributed by atoms with Crippen molar-refractivity contribution in [2.45, 2.75) is 24.8 Å². The SMILES string of the molecule is COc1ccc(F)cc1CC1(NC(=O)c2cc(N3CC(CO)C3)ccn2)CC1. The van der Waals surface area contributed by atoms with Crippen LogP contribution in [0.15, 0.2) is 36.5 Å². The zero-order valence-electron chi connectivity index (χ0n) is 15.8. The van der Waals surface area contributed by atoms with Gasteiger partial charge < -0.3 is 20.1 Å². The molecule has 1 aliphatic carbocycles. The fraction of sp³-hybridized carbons (Fsp3) is 0.429. The lowest BCUT2D eigenvalue weighted by atomic mass is 10.0. The van der Waals surface area contributed by atoms with E-state index in [9.17, 15) is 9.18 Å². The number of carbonyl (C=O) groups excluding carboxylic acids is 1. The Bertz CT molecular complexity index is 879. The number of nitrogens with zero attached hydrogens (tertiary/aromatic N) is 2. The molecule has 1 aromatic heterocycles. The van der Waals surface area contributed by atoms with Crippen LogP contribution in [0.5, 0.6) is 5.75 Å². The highest BCUT2D eigenvalue weighted by atomic mass is 19.1. The molecule has 1 aliphatic heterocycles. The van der Waals surface area contributed by atoms with Crippen molar-refractivity contribution < 1.29 is 19.0 Å². The van der Waals surface area contributed by atoms with Crippen LogP contribution in [0.1, 0.15) is 28.9 Å². The molecule has 0 unspecified atom stereocenters. The number of aromatic nitrogens is 1. The van der Waals surface area contributed by atoms with Gasteiger partial charge in [-0.15, -0.1) is 0 Å². The summed E-state index contributed by atoms with van der Waals surface area (Å²) in [5.74, 6) is 0.372. The maximum Gasteiger partial charge on any atom is 0.270 e. The standard InChI is InChI=1S/C21H24FN3O3/c1-28-19-3-2-16(22)8-15(19)10-21(5-6-21)24-20(27)18-9-17(4-7-23-18)25-11-14(12-25)13-26/h2-4,7-9,14,26H,5-6,10-13H2,1H3,(H,24,27). The quantitative estimate of drug-likeness (QED) is 0.764. The molecule has 1 amide bonds. The number of hydrogen-bond acceptors (Lipinski definition) is 5. The van der Waals surface area contributed by atoms with E-state index in [0.29, 0.717) is 23.8 Å². The van der Waals surface area contributed by atoms with Crippen LogP contribution in [0.3, 0.4) is 0 Å². The fourth-order valence-electron chi connectivity index (χ4n) is 3.69. The van der Waals surface area contributed by atoms with Crippen molar-refractivity contribution >= 4 is 11.6 Å². The third kappa shape index (κ3) is 3.80. The van der Waals surface area contributed by atoms with Crippen LogP contribution in [0, 0.1) is 11.7 Å². The van der Waals surface area contributed by atoms with Gasteiger partial charge >= 0.3 is 0 Å². The summed E-state index contributed by atoms with van der Waals surface area (Å²) in [6.45, 7) is 1.75. The highest BCUT2D eigenvalue weighted by molar-refractivity contribution is 5.94. The van der Waals surface area contributed by atoms with Gasteiger partial charge in [-0.25, -0.2) is 4.39 Å². The van der Waals surface area contributed by atoms with Crippen molar-refractivity contribution in [1.82, 2.24) is 10.3 Å². The van der Waals surface area contributed by atoms with Crippen molar-refractivity contribution in [2.24, 2.45) is 5.92 Å². The smallest absolute Gasteiger partial charge is 0.270 e. The number of aliphatic hydroxyl groups is 1.